The first-order valence-corrected chi connectivity index (χ1v) is 15.9. The molecule has 0 radical (unpaired) electrons. The molecule has 1 aromatic carbocycles. The number of nitrogens with zero attached hydrogens (tertiary/aromatic N) is 6. The molecule has 1 aliphatic carbocycles. The number of aliphatic hydroxyl groups excluding tert-OH is 2. The third kappa shape index (κ3) is 6.13. The summed E-state index contributed by atoms with van der Waals surface area (Å²) in [4.78, 5) is 2.39. The lowest BCUT2D eigenvalue weighted by molar-refractivity contribution is 0.125. The third-order valence-electron chi connectivity index (χ3n) is 9.00. The quantitative estimate of drug-likeness (QED) is 0.198. The van der Waals surface area contributed by atoms with Crippen LogP contribution in [0.15, 0.2) is 48.7 Å². The van der Waals surface area contributed by atoms with Crippen LogP contribution < -0.4 is 20.3 Å². The molecule has 0 saturated carbocycles. The number of piperidine rings is 1. The number of ether oxygens (including phenoxy) is 1. The van der Waals surface area contributed by atoms with Gasteiger partial charge in [0.05, 0.1) is 25.0 Å². The SMILES string of the molecule is C[C@@H]1CCC[C@H](C)N1c1nnc2ccc(O[C@@H]3CC[C@H](NC(O)Nc4cc(C(C)(C)C)nn4CCO)c4ccccc43)cn12. The maximum atomic E-state index is 11.1. The number of benzene rings is 1. The molecule has 0 amide bonds. The second kappa shape index (κ2) is 12.4. The average Bonchev–Trinajstić information content (AvgIpc) is 3.58. The molecular formula is C33H46N8O3. The van der Waals surface area contributed by atoms with E-state index >= 15 is 0 Å². The van der Waals surface area contributed by atoms with E-state index in [2.05, 4.69) is 82.0 Å². The summed E-state index contributed by atoms with van der Waals surface area (Å²) in [6.45, 7) is 11.1. The number of hydrogen-bond donors (Lipinski definition) is 4. The predicted octanol–water partition coefficient (Wildman–Crippen LogP) is 4.92. The summed E-state index contributed by atoms with van der Waals surface area (Å²) in [6, 6.07) is 14.9. The lowest BCUT2D eigenvalue weighted by atomic mass is 9.85. The van der Waals surface area contributed by atoms with Crippen molar-refractivity contribution in [2.45, 2.75) is 109 Å². The molecule has 2 aliphatic rings. The number of aromatic nitrogens is 5. The fourth-order valence-electron chi connectivity index (χ4n) is 6.67. The molecule has 11 nitrogen and oxygen atoms in total. The molecule has 236 valence electrons. The van der Waals surface area contributed by atoms with Gasteiger partial charge in [0.2, 0.25) is 5.95 Å². The van der Waals surface area contributed by atoms with Crippen LogP contribution >= 0.6 is 0 Å². The molecule has 44 heavy (non-hydrogen) atoms. The van der Waals surface area contributed by atoms with Crippen molar-refractivity contribution in [1.29, 1.82) is 0 Å². The largest absolute Gasteiger partial charge is 0.484 e. The maximum absolute atomic E-state index is 11.1. The number of hydrogen-bond acceptors (Lipinski definition) is 9. The minimum Gasteiger partial charge on any atom is -0.484 e. The van der Waals surface area contributed by atoms with E-state index in [4.69, 9.17) is 4.74 Å². The molecule has 11 heteroatoms. The van der Waals surface area contributed by atoms with Gasteiger partial charge >= 0.3 is 0 Å². The summed E-state index contributed by atoms with van der Waals surface area (Å²) in [5, 5.41) is 40.8. The summed E-state index contributed by atoms with van der Waals surface area (Å²) in [7, 11) is 0. The highest BCUT2D eigenvalue weighted by Gasteiger charge is 2.31. The van der Waals surface area contributed by atoms with Crippen LogP contribution in [-0.4, -0.2) is 59.6 Å². The number of aliphatic hydroxyl groups is 2. The minimum atomic E-state index is -1.01. The third-order valence-corrected chi connectivity index (χ3v) is 9.00. The van der Waals surface area contributed by atoms with Gasteiger partial charge in [0, 0.05) is 29.6 Å². The predicted molar refractivity (Wildman–Crippen MR) is 171 cm³/mol. The molecular weight excluding hydrogens is 556 g/mol. The van der Waals surface area contributed by atoms with E-state index in [1.165, 1.54) is 6.42 Å². The number of rotatable bonds is 9. The Morgan fingerprint density at radius 2 is 1.75 bits per heavy atom. The van der Waals surface area contributed by atoms with Crippen LogP contribution in [0.1, 0.15) is 95.7 Å². The van der Waals surface area contributed by atoms with Gasteiger partial charge in [0.1, 0.15) is 17.7 Å². The van der Waals surface area contributed by atoms with Crippen LogP contribution in [0.25, 0.3) is 5.65 Å². The molecule has 0 spiro atoms. The molecule has 4 N–H and O–H groups in total. The highest BCUT2D eigenvalue weighted by molar-refractivity contribution is 5.50. The van der Waals surface area contributed by atoms with E-state index in [-0.39, 0.29) is 24.2 Å². The van der Waals surface area contributed by atoms with E-state index in [0.717, 1.165) is 59.8 Å². The number of fused-ring (bicyclic) bond motifs is 2. The summed E-state index contributed by atoms with van der Waals surface area (Å²) in [5.74, 6) is 2.30. The lowest BCUT2D eigenvalue weighted by Crippen LogP contribution is -2.44. The van der Waals surface area contributed by atoms with Crippen molar-refractivity contribution in [1.82, 2.24) is 29.7 Å². The number of pyridine rings is 1. The van der Waals surface area contributed by atoms with Crippen LogP contribution in [0.2, 0.25) is 0 Å². The zero-order chi connectivity index (χ0) is 31.0. The molecule has 6 rings (SSSR count). The Morgan fingerprint density at radius 1 is 1.00 bits per heavy atom. The fourth-order valence-corrected chi connectivity index (χ4v) is 6.67. The highest BCUT2D eigenvalue weighted by Crippen LogP contribution is 2.39. The van der Waals surface area contributed by atoms with Gasteiger partial charge in [-0.25, -0.2) is 4.68 Å². The summed E-state index contributed by atoms with van der Waals surface area (Å²) in [6.07, 6.45) is 5.98. The van der Waals surface area contributed by atoms with Gasteiger partial charge in [-0.3, -0.25) is 9.72 Å². The summed E-state index contributed by atoms with van der Waals surface area (Å²) in [5.41, 5.74) is 3.75. The van der Waals surface area contributed by atoms with Gasteiger partial charge < -0.3 is 25.2 Å². The van der Waals surface area contributed by atoms with Crippen molar-refractivity contribution in [3.8, 4) is 5.75 Å². The van der Waals surface area contributed by atoms with E-state index in [1.807, 2.05) is 36.5 Å². The maximum Gasteiger partial charge on any atom is 0.232 e. The Morgan fingerprint density at radius 3 is 2.48 bits per heavy atom. The second-order valence-corrected chi connectivity index (χ2v) is 13.3. The van der Waals surface area contributed by atoms with Crippen molar-refractivity contribution >= 4 is 17.4 Å². The summed E-state index contributed by atoms with van der Waals surface area (Å²) >= 11 is 0. The van der Waals surface area contributed by atoms with Gasteiger partial charge in [-0.05, 0) is 69.2 Å². The van der Waals surface area contributed by atoms with Crippen LogP contribution in [0.3, 0.4) is 0 Å². The molecule has 0 bridgehead atoms. The molecule has 1 aliphatic heterocycles. The molecule has 4 aromatic rings. The second-order valence-electron chi connectivity index (χ2n) is 13.3. The molecule has 4 heterocycles. The first-order chi connectivity index (χ1) is 21.1. The van der Waals surface area contributed by atoms with E-state index in [9.17, 15) is 10.2 Å². The molecule has 1 fully saturated rings. The smallest absolute Gasteiger partial charge is 0.232 e. The minimum absolute atomic E-state index is 0.0387. The topological polar surface area (TPSA) is 125 Å². The Hall–Kier alpha value is -3.67. The van der Waals surface area contributed by atoms with Gasteiger partial charge in [-0.15, -0.1) is 10.2 Å². The van der Waals surface area contributed by atoms with Crippen LogP contribution in [0.5, 0.6) is 5.75 Å². The van der Waals surface area contributed by atoms with Gasteiger partial charge in [0.15, 0.2) is 12.0 Å². The Balaban J connectivity index is 1.18. The van der Waals surface area contributed by atoms with Crippen LogP contribution in [0, 0.1) is 0 Å². The van der Waals surface area contributed by atoms with Gasteiger partial charge in [-0.2, -0.15) is 5.10 Å². The van der Waals surface area contributed by atoms with E-state index in [0.29, 0.717) is 24.4 Å². The summed E-state index contributed by atoms with van der Waals surface area (Å²) < 4.78 is 10.4. The first-order valence-electron chi connectivity index (χ1n) is 15.9. The fraction of sp³-hybridized carbons (Fsp3) is 0.545. The molecule has 3 aromatic heterocycles. The Bertz CT molecular complexity index is 1570. The number of anilines is 2. The van der Waals surface area contributed by atoms with E-state index < -0.39 is 6.35 Å². The van der Waals surface area contributed by atoms with E-state index in [1.54, 1.807) is 4.68 Å². The van der Waals surface area contributed by atoms with Crippen molar-refractivity contribution in [2.24, 2.45) is 0 Å². The monoisotopic (exact) mass is 602 g/mol. The Kier molecular flexibility index (Phi) is 8.54. The van der Waals surface area contributed by atoms with Crippen LogP contribution in [0.4, 0.5) is 11.8 Å². The molecule has 1 saturated heterocycles. The molecule has 1 unspecified atom stereocenters. The standard InChI is InChI=1S/C33H46N8O3/c1-21-9-8-10-22(2)41(21)32-37-36-29-16-13-23(20-39(29)32)44-27-15-14-26(24-11-6-7-12-25(24)27)34-31(43)35-30-19-28(33(3,4)5)38-40(30)17-18-42/h6-7,11-13,16,19-22,26-27,31,34-35,42-43H,8-10,14-15,17-18H2,1-5H3/t21-,22+,26-,27+,31?/m0/s1. The van der Waals surface area contributed by atoms with Crippen molar-refractivity contribution < 1.29 is 14.9 Å². The highest BCUT2D eigenvalue weighted by atomic mass is 16.5. The normalized spacial score (nSPS) is 23.0. The number of nitrogens with one attached hydrogen (secondary N) is 2. The zero-order valence-electron chi connectivity index (χ0n) is 26.4. The Labute approximate surface area is 259 Å². The van der Waals surface area contributed by atoms with Crippen LogP contribution in [-0.2, 0) is 12.0 Å². The lowest BCUT2D eigenvalue weighted by Gasteiger charge is -2.39. The first kappa shape index (κ1) is 30.4. The van der Waals surface area contributed by atoms with Crippen molar-refractivity contribution in [2.75, 3.05) is 16.8 Å². The van der Waals surface area contributed by atoms with Gasteiger partial charge in [0.25, 0.3) is 0 Å². The van der Waals surface area contributed by atoms with Gasteiger partial charge in [-0.1, -0.05) is 45.0 Å². The average molecular weight is 603 g/mol. The van der Waals surface area contributed by atoms with Crippen molar-refractivity contribution in [3.05, 3.63) is 65.5 Å². The van der Waals surface area contributed by atoms with Crippen molar-refractivity contribution in [3.63, 3.8) is 0 Å². The molecule has 5 atom stereocenters. The zero-order valence-corrected chi connectivity index (χ0v) is 26.4.